The van der Waals surface area contributed by atoms with Crippen LogP contribution in [0.1, 0.15) is 25.7 Å². The molecule has 2 aromatic heterocycles. The largest absolute Gasteiger partial charge is 0.489 e. The number of carbonyl (C=O) groups is 2. The van der Waals surface area contributed by atoms with Crippen LogP contribution < -0.4 is 18.9 Å². The maximum Gasteiger partial charge on any atom is 0.336 e. The standard InChI is InChI=1S/C46H44N4O6/c51-45(55-41-25-47-39-11-5-33(23-37(39)41)29-1-7-35(8-2-29)53-43-27-49-19-15-31(43)16-20-49)13-14-46(52)56-42-26-48-40-12-6-34(24-38(40)42)30-3-9-36(10-4-30)54-44-28-50-21-17-32(44)18-22-50/h1-14,23-26,31-32,43-44,47-48H,15-22,27-28H2/b14-13+. The predicted octanol–water partition coefficient (Wildman–Crippen LogP) is 8.00. The summed E-state index contributed by atoms with van der Waals surface area (Å²) in [5, 5.41) is 1.51. The number of nitrogens with one attached hydrogen (secondary N) is 2. The lowest BCUT2D eigenvalue weighted by Gasteiger charge is -2.44. The fourth-order valence-electron chi connectivity index (χ4n) is 9.03. The number of piperidine rings is 6. The molecule has 12 rings (SSSR count). The summed E-state index contributed by atoms with van der Waals surface area (Å²) >= 11 is 0. The summed E-state index contributed by atoms with van der Waals surface area (Å²) < 4.78 is 24.1. The first-order valence-electron chi connectivity index (χ1n) is 19.8. The van der Waals surface area contributed by atoms with Crippen molar-refractivity contribution in [3.63, 3.8) is 0 Å². The molecule has 0 spiro atoms. The van der Waals surface area contributed by atoms with E-state index in [0.29, 0.717) is 23.3 Å². The monoisotopic (exact) mass is 748 g/mol. The van der Waals surface area contributed by atoms with Crippen LogP contribution in [-0.4, -0.2) is 83.2 Å². The Morgan fingerprint density at radius 1 is 0.536 bits per heavy atom. The molecule has 284 valence electrons. The van der Waals surface area contributed by atoms with E-state index in [4.69, 9.17) is 18.9 Å². The van der Waals surface area contributed by atoms with Gasteiger partial charge in [-0.2, -0.15) is 0 Å². The van der Waals surface area contributed by atoms with Gasteiger partial charge in [-0.05, 0) is 134 Å². The fraction of sp³-hybridized carbons (Fsp3) is 0.304. The molecule has 2 N–H and O–H groups in total. The average molecular weight is 749 g/mol. The molecule has 10 nitrogen and oxygen atoms in total. The van der Waals surface area contributed by atoms with Gasteiger partial charge in [0.2, 0.25) is 0 Å². The quantitative estimate of drug-likeness (QED) is 0.107. The van der Waals surface area contributed by atoms with E-state index in [-0.39, 0.29) is 12.2 Å². The second kappa shape index (κ2) is 14.7. The van der Waals surface area contributed by atoms with Crippen molar-refractivity contribution in [2.45, 2.75) is 37.9 Å². The van der Waals surface area contributed by atoms with Gasteiger partial charge in [-0.15, -0.1) is 0 Å². The summed E-state index contributed by atoms with van der Waals surface area (Å²) in [6, 6.07) is 28.3. The van der Waals surface area contributed by atoms with Gasteiger partial charge in [0.05, 0.1) is 0 Å². The maximum atomic E-state index is 12.9. The molecule has 4 aromatic carbocycles. The van der Waals surface area contributed by atoms with E-state index in [0.717, 1.165) is 80.8 Å². The molecule has 2 unspecified atom stereocenters. The number of aromatic nitrogens is 2. The number of fused-ring (bicyclic) bond motifs is 8. The van der Waals surface area contributed by atoms with Gasteiger partial charge in [-0.25, -0.2) is 9.59 Å². The number of hydrogen-bond donors (Lipinski definition) is 2. The molecule has 0 saturated carbocycles. The van der Waals surface area contributed by atoms with Crippen molar-refractivity contribution in [1.29, 1.82) is 0 Å². The summed E-state index contributed by atoms with van der Waals surface area (Å²) in [5.74, 6) is 2.41. The third-order valence-corrected chi connectivity index (χ3v) is 12.2. The summed E-state index contributed by atoms with van der Waals surface area (Å²) in [7, 11) is 0. The Morgan fingerprint density at radius 2 is 0.929 bits per heavy atom. The minimum atomic E-state index is -0.690. The van der Waals surface area contributed by atoms with Gasteiger partial charge in [0.15, 0.2) is 11.5 Å². The first-order valence-corrected chi connectivity index (χ1v) is 19.8. The van der Waals surface area contributed by atoms with Gasteiger partial charge in [0, 0.05) is 59.4 Å². The third-order valence-electron chi connectivity index (χ3n) is 12.2. The molecule has 0 amide bonds. The Bertz CT molecular complexity index is 2250. The SMILES string of the molecule is O=C(/C=C/C(=O)Oc1c[nH]c2ccc(-c3ccc(OC4CN5CCC4CC5)cc3)cc12)Oc1c[nH]c2ccc(-c3ccc(OC4CN5CCC4CC5)cc3)cc12. The molecule has 56 heavy (non-hydrogen) atoms. The smallest absolute Gasteiger partial charge is 0.336 e. The molecule has 6 saturated heterocycles. The molecule has 10 heteroatoms. The zero-order valence-electron chi connectivity index (χ0n) is 31.1. The number of hydrogen-bond acceptors (Lipinski definition) is 8. The zero-order valence-corrected chi connectivity index (χ0v) is 31.1. The number of H-pyrrole nitrogens is 2. The molecule has 0 radical (unpaired) electrons. The van der Waals surface area contributed by atoms with Crippen LogP contribution in [0.3, 0.4) is 0 Å². The lowest BCUT2D eigenvalue weighted by molar-refractivity contribution is -0.131. The Hall–Kier alpha value is -5.84. The Balaban J connectivity index is 0.766. The van der Waals surface area contributed by atoms with Crippen molar-refractivity contribution in [3.05, 3.63) is 109 Å². The lowest BCUT2D eigenvalue weighted by atomic mass is 9.86. The van der Waals surface area contributed by atoms with Gasteiger partial charge in [0.1, 0.15) is 23.7 Å². The van der Waals surface area contributed by atoms with Crippen LogP contribution in [-0.2, 0) is 9.59 Å². The van der Waals surface area contributed by atoms with E-state index in [1.165, 1.54) is 51.9 Å². The number of nitrogens with zero attached hydrogens (tertiary/aromatic N) is 2. The van der Waals surface area contributed by atoms with Crippen LogP contribution in [0, 0.1) is 11.8 Å². The van der Waals surface area contributed by atoms with Crippen LogP contribution in [0.2, 0.25) is 0 Å². The third kappa shape index (κ3) is 7.06. The van der Waals surface area contributed by atoms with E-state index in [1.807, 2.05) is 60.7 Å². The highest BCUT2D eigenvalue weighted by molar-refractivity contribution is 5.98. The number of benzene rings is 4. The fourth-order valence-corrected chi connectivity index (χ4v) is 9.03. The van der Waals surface area contributed by atoms with Gasteiger partial charge >= 0.3 is 11.9 Å². The van der Waals surface area contributed by atoms with E-state index >= 15 is 0 Å². The van der Waals surface area contributed by atoms with E-state index in [2.05, 4.69) is 44.0 Å². The molecule has 0 aliphatic carbocycles. The topological polar surface area (TPSA) is 109 Å². The summed E-state index contributed by atoms with van der Waals surface area (Å²) in [6.45, 7) is 6.76. The predicted molar refractivity (Wildman–Crippen MR) is 215 cm³/mol. The molecule has 6 fully saturated rings. The van der Waals surface area contributed by atoms with Crippen molar-refractivity contribution in [3.8, 4) is 45.3 Å². The lowest BCUT2D eigenvalue weighted by Crippen LogP contribution is -2.52. The number of aromatic amines is 2. The van der Waals surface area contributed by atoms with Crippen molar-refractivity contribution < 1.29 is 28.5 Å². The first-order chi connectivity index (χ1) is 27.5. The van der Waals surface area contributed by atoms with Crippen LogP contribution in [0.25, 0.3) is 44.1 Å². The zero-order chi connectivity index (χ0) is 37.6. The Morgan fingerprint density at radius 3 is 1.30 bits per heavy atom. The van der Waals surface area contributed by atoms with Crippen LogP contribution in [0.15, 0.2) is 109 Å². The highest BCUT2D eigenvalue weighted by Gasteiger charge is 2.36. The summed E-state index contributed by atoms with van der Waals surface area (Å²) in [5.41, 5.74) is 5.68. The van der Waals surface area contributed by atoms with Crippen molar-refractivity contribution in [2.24, 2.45) is 11.8 Å². The first kappa shape index (κ1) is 34.6. The summed E-state index contributed by atoms with van der Waals surface area (Å²) in [6.07, 6.45) is 10.8. The minimum Gasteiger partial charge on any atom is -0.489 e. The number of rotatable bonds is 10. The van der Waals surface area contributed by atoms with Crippen molar-refractivity contribution >= 4 is 33.7 Å². The van der Waals surface area contributed by atoms with Gasteiger partial charge in [-0.3, -0.25) is 9.80 Å². The Labute approximate surface area is 325 Å². The number of carbonyl (C=O) groups excluding carboxylic acids is 2. The van der Waals surface area contributed by atoms with Gasteiger partial charge in [0.25, 0.3) is 0 Å². The van der Waals surface area contributed by atoms with Crippen molar-refractivity contribution in [1.82, 2.24) is 19.8 Å². The molecule has 2 atom stereocenters. The molecule has 4 bridgehead atoms. The summed E-state index contributed by atoms with van der Waals surface area (Å²) in [4.78, 5) is 37.1. The van der Waals surface area contributed by atoms with E-state index in [9.17, 15) is 9.59 Å². The highest BCUT2D eigenvalue weighted by Crippen LogP contribution is 2.36. The number of esters is 2. The Kier molecular flexibility index (Phi) is 9.07. The van der Waals surface area contributed by atoms with Gasteiger partial charge < -0.3 is 28.9 Å². The molecule has 6 aliphatic heterocycles. The van der Waals surface area contributed by atoms with E-state index in [1.54, 1.807) is 12.4 Å². The second-order valence-electron chi connectivity index (χ2n) is 15.6. The minimum absolute atomic E-state index is 0.254. The molecular formula is C46H44N4O6. The van der Waals surface area contributed by atoms with Crippen LogP contribution >= 0.6 is 0 Å². The highest BCUT2D eigenvalue weighted by atomic mass is 16.5. The number of ether oxygens (including phenoxy) is 4. The van der Waals surface area contributed by atoms with Crippen LogP contribution in [0.4, 0.5) is 0 Å². The molecule has 6 aliphatic rings. The van der Waals surface area contributed by atoms with Crippen LogP contribution in [0.5, 0.6) is 23.0 Å². The maximum absolute atomic E-state index is 12.9. The van der Waals surface area contributed by atoms with Gasteiger partial charge in [-0.1, -0.05) is 36.4 Å². The normalized spacial score (nSPS) is 24.1. The molecule has 6 aromatic rings. The molecular weight excluding hydrogens is 705 g/mol. The average Bonchev–Trinajstić information content (AvgIpc) is 3.84. The second-order valence-corrected chi connectivity index (χ2v) is 15.6. The van der Waals surface area contributed by atoms with Crippen molar-refractivity contribution in [2.75, 3.05) is 39.3 Å². The molecule has 8 heterocycles. The van der Waals surface area contributed by atoms with E-state index < -0.39 is 11.9 Å².